The maximum absolute atomic E-state index is 11.9. The molecular formula is C11H19N3O3S2. The third kappa shape index (κ3) is 5.25. The summed E-state index contributed by atoms with van der Waals surface area (Å²) in [7, 11) is -3.10. The second-order valence-electron chi connectivity index (χ2n) is 4.24. The number of hydrogen-bond donors (Lipinski definition) is 2. The molecule has 8 heteroatoms. The van der Waals surface area contributed by atoms with Crippen LogP contribution in [0.4, 0.5) is 0 Å². The van der Waals surface area contributed by atoms with Gasteiger partial charge in [0.1, 0.15) is 5.69 Å². The highest BCUT2D eigenvalue weighted by Gasteiger charge is 2.18. The molecule has 1 atom stereocenters. The van der Waals surface area contributed by atoms with Crippen molar-refractivity contribution in [3.05, 3.63) is 16.1 Å². The van der Waals surface area contributed by atoms with Gasteiger partial charge in [-0.2, -0.15) is 0 Å². The van der Waals surface area contributed by atoms with Crippen LogP contribution in [0.5, 0.6) is 0 Å². The van der Waals surface area contributed by atoms with Gasteiger partial charge in [-0.05, 0) is 13.5 Å². The molecule has 6 nitrogen and oxygen atoms in total. The first-order valence-electron chi connectivity index (χ1n) is 6.03. The van der Waals surface area contributed by atoms with E-state index in [0.29, 0.717) is 18.7 Å². The quantitative estimate of drug-likeness (QED) is 0.749. The predicted molar refractivity (Wildman–Crippen MR) is 76.1 cm³/mol. The molecule has 1 unspecified atom stereocenters. The largest absolute Gasteiger partial charge is 0.347 e. The van der Waals surface area contributed by atoms with Gasteiger partial charge in [0.05, 0.1) is 10.8 Å². The third-order valence-electron chi connectivity index (χ3n) is 2.46. The molecule has 0 bridgehead atoms. The fourth-order valence-electron chi connectivity index (χ4n) is 1.49. The Morgan fingerprint density at radius 1 is 1.58 bits per heavy atom. The van der Waals surface area contributed by atoms with Gasteiger partial charge in [-0.25, -0.2) is 13.4 Å². The van der Waals surface area contributed by atoms with Gasteiger partial charge in [-0.3, -0.25) is 4.79 Å². The Morgan fingerprint density at radius 2 is 2.26 bits per heavy atom. The number of aromatic nitrogens is 1. The minimum atomic E-state index is -3.10. The van der Waals surface area contributed by atoms with Crippen LogP contribution in [-0.2, 0) is 16.3 Å². The molecule has 0 saturated carbocycles. The highest BCUT2D eigenvalue weighted by molar-refractivity contribution is 7.91. The molecule has 0 radical (unpaired) electrons. The van der Waals surface area contributed by atoms with E-state index in [4.69, 9.17) is 5.73 Å². The summed E-state index contributed by atoms with van der Waals surface area (Å²) in [6.45, 7) is 3.74. The number of nitrogens with one attached hydrogen (secondary N) is 1. The van der Waals surface area contributed by atoms with Gasteiger partial charge in [-0.15, -0.1) is 11.3 Å². The molecule has 1 heterocycles. The third-order valence-corrected chi connectivity index (χ3v) is 5.26. The van der Waals surface area contributed by atoms with Gasteiger partial charge < -0.3 is 11.1 Å². The van der Waals surface area contributed by atoms with Crippen LogP contribution >= 0.6 is 11.3 Å². The summed E-state index contributed by atoms with van der Waals surface area (Å²) < 4.78 is 22.9. The summed E-state index contributed by atoms with van der Waals surface area (Å²) in [6.07, 6.45) is 0.637. The SMILES string of the molecule is CCS(=O)(=O)CC(C)NC(=O)c1csc(CCN)n1. The number of carbonyl (C=O) groups excluding carboxylic acids is 1. The van der Waals surface area contributed by atoms with E-state index in [1.165, 1.54) is 11.3 Å². The van der Waals surface area contributed by atoms with Crippen LogP contribution in [0.15, 0.2) is 5.38 Å². The van der Waals surface area contributed by atoms with Gasteiger partial charge in [0, 0.05) is 23.6 Å². The number of rotatable bonds is 7. The Bertz CT molecular complexity index is 525. The average molecular weight is 305 g/mol. The van der Waals surface area contributed by atoms with Gasteiger partial charge in [0.2, 0.25) is 0 Å². The van der Waals surface area contributed by atoms with Crippen molar-refractivity contribution in [2.24, 2.45) is 5.73 Å². The van der Waals surface area contributed by atoms with Crippen LogP contribution < -0.4 is 11.1 Å². The van der Waals surface area contributed by atoms with Crippen molar-refractivity contribution in [1.29, 1.82) is 0 Å². The summed E-state index contributed by atoms with van der Waals surface area (Å²) in [5.74, 6) is -0.335. The molecule has 0 aliphatic rings. The molecule has 1 aromatic rings. The number of sulfone groups is 1. The lowest BCUT2D eigenvalue weighted by Crippen LogP contribution is -2.38. The van der Waals surface area contributed by atoms with Gasteiger partial charge in [-0.1, -0.05) is 6.92 Å². The lowest BCUT2D eigenvalue weighted by atomic mass is 10.3. The van der Waals surface area contributed by atoms with Crippen molar-refractivity contribution in [1.82, 2.24) is 10.3 Å². The van der Waals surface area contributed by atoms with Crippen LogP contribution in [0.3, 0.4) is 0 Å². The van der Waals surface area contributed by atoms with Gasteiger partial charge in [0.15, 0.2) is 9.84 Å². The Balaban J connectivity index is 2.58. The van der Waals surface area contributed by atoms with Gasteiger partial charge in [0.25, 0.3) is 5.91 Å². The molecule has 0 aromatic carbocycles. The van der Waals surface area contributed by atoms with Crippen LogP contribution in [0.2, 0.25) is 0 Å². The molecule has 1 amide bonds. The Hall–Kier alpha value is -0.990. The van der Waals surface area contributed by atoms with E-state index in [2.05, 4.69) is 10.3 Å². The maximum Gasteiger partial charge on any atom is 0.270 e. The number of nitrogens with two attached hydrogens (primary N) is 1. The molecule has 0 fully saturated rings. The number of amides is 1. The topological polar surface area (TPSA) is 102 Å². The van der Waals surface area contributed by atoms with Crippen molar-refractivity contribution in [2.45, 2.75) is 26.3 Å². The van der Waals surface area contributed by atoms with E-state index in [0.717, 1.165) is 5.01 Å². The van der Waals surface area contributed by atoms with E-state index < -0.39 is 15.9 Å². The lowest BCUT2D eigenvalue weighted by molar-refractivity contribution is 0.0939. The highest BCUT2D eigenvalue weighted by atomic mass is 32.2. The number of hydrogen-bond acceptors (Lipinski definition) is 6. The van der Waals surface area contributed by atoms with Crippen molar-refractivity contribution < 1.29 is 13.2 Å². The second kappa shape index (κ2) is 6.97. The van der Waals surface area contributed by atoms with Crippen LogP contribution in [-0.4, -0.2) is 43.4 Å². The summed E-state index contributed by atoms with van der Waals surface area (Å²) in [5.41, 5.74) is 5.72. The summed E-state index contributed by atoms with van der Waals surface area (Å²) in [4.78, 5) is 16.0. The van der Waals surface area contributed by atoms with E-state index in [9.17, 15) is 13.2 Å². The monoisotopic (exact) mass is 305 g/mol. The minimum Gasteiger partial charge on any atom is -0.347 e. The molecular weight excluding hydrogens is 286 g/mol. The molecule has 1 aromatic heterocycles. The van der Waals surface area contributed by atoms with Crippen LogP contribution in [0.25, 0.3) is 0 Å². The van der Waals surface area contributed by atoms with Crippen LogP contribution in [0.1, 0.15) is 29.3 Å². The van der Waals surface area contributed by atoms with Crippen molar-refractivity contribution in [3.63, 3.8) is 0 Å². The van der Waals surface area contributed by atoms with E-state index >= 15 is 0 Å². The zero-order valence-corrected chi connectivity index (χ0v) is 12.7. The highest BCUT2D eigenvalue weighted by Crippen LogP contribution is 2.10. The molecule has 0 saturated heterocycles. The standard InChI is InChI=1S/C11H19N3O3S2/c1-3-19(16,17)7-8(2)13-11(15)9-6-18-10(14-9)4-5-12/h6,8H,3-5,7,12H2,1-2H3,(H,13,15). The zero-order valence-electron chi connectivity index (χ0n) is 11.0. The van der Waals surface area contributed by atoms with E-state index in [1.54, 1.807) is 19.2 Å². The fraction of sp³-hybridized carbons (Fsp3) is 0.636. The number of nitrogens with zero attached hydrogens (tertiary/aromatic N) is 1. The predicted octanol–water partition coefficient (Wildman–Crippen LogP) is 0.197. The Labute approximate surface area is 117 Å². The minimum absolute atomic E-state index is 0.0605. The molecule has 0 spiro atoms. The smallest absolute Gasteiger partial charge is 0.270 e. The van der Waals surface area contributed by atoms with E-state index in [-0.39, 0.29) is 17.4 Å². The second-order valence-corrected chi connectivity index (χ2v) is 7.58. The Kier molecular flexibility index (Phi) is 5.89. The molecule has 0 aliphatic heterocycles. The molecule has 3 N–H and O–H groups in total. The molecule has 1 rings (SSSR count). The number of thiazole rings is 1. The molecule has 19 heavy (non-hydrogen) atoms. The Morgan fingerprint density at radius 3 is 2.84 bits per heavy atom. The normalized spacial score (nSPS) is 13.2. The number of carbonyl (C=O) groups is 1. The lowest BCUT2D eigenvalue weighted by Gasteiger charge is -2.12. The van der Waals surface area contributed by atoms with Gasteiger partial charge >= 0.3 is 0 Å². The van der Waals surface area contributed by atoms with Crippen molar-refractivity contribution in [3.8, 4) is 0 Å². The first kappa shape index (κ1) is 16.1. The summed E-state index contributed by atoms with van der Waals surface area (Å²) >= 11 is 1.38. The van der Waals surface area contributed by atoms with Crippen LogP contribution in [0, 0.1) is 0 Å². The summed E-state index contributed by atoms with van der Waals surface area (Å²) in [5, 5.41) is 5.10. The summed E-state index contributed by atoms with van der Waals surface area (Å²) in [6, 6.07) is -0.433. The zero-order chi connectivity index (χ0) is 14.5. The maximum atomic E-state index is 11.9. The first-order chi connectivity index (χ1) is 8.88. The fourth-order valence-corrected chi connectivity index (χ4v) is 3.37. The first-order valence-corrected chi connectivity index (χ1v) is 8.73. The van der Waals surface area contributed by atoms with E-state index in [1.807, 2.05) is 0 Å². The average Bonchev–Trinajstić information content (AvgIpc) is 2.77. The molecule has 0 aliphatic carbocycles. The molecule has 108 valence electrons. The van der Waals surface area contributed by atoms with Crippen molar-refractivity contribution >= 4 is 27.1 Å². The van der Waals surface area contributed by atoms with Crippen molar-refractivity contribution in [2.75, 3.05) is 18.1 Å².